The summed E-state index contributed by atoms with van der Waals surface area (Å²) in [7, 11) is 0. The van der Waals surface area contributed by atoms with Crippen molar-refractivity contribution in [3.8, 4) is 0 Å². The lowest BCUT2D eigenvalue weighted by Gasteiger charge is -2.29. The molecule has 3 unspecified atom stereocenters. The lowest BCUT2D eigenvalue weighted by atomic mass is 9.78. The number of hydrogen-bond acceptors (Lipinski definition) is 2. The minimum absolute atomic E-state index is 0.244. The fourth-order valence-corrected chi connectivity index (χ4v) is 4.11. The van der Waals surface area contributed by atoms with Gasteiger partial charge in [-0.1, -0.05) is 51.5 Å². The summed E-state index contributed by atoms with van der Waals surface area (Å²) in [4.78, 5) is 2.62. The SMILES string of the molecule is CC(C)(C)c1ccc(CN2CC3CCCC(N)C3C2)cc1. The molecule has 1 saturated heterocycles. The van der Waals surface area contributed by atoms with Crippen molar-refractivity contribution in [3.05, 3.63) is 35.4 Å². The number of hydrogen-bond donors (Lipinski definition) is 1. The van der Waals surface area contributed by atoms with E-state index in [9.17, 15) is 0 Å². The maximum atomic E-state index is 6.32. The van der Waals surface area contributed by atoms with E-state index in [0.29, 0.717) is 6.04 Å². The Balaban J connectivity index is 1.62. The molecule has 0 aromatic heterocycles. The van der Waals surface area contributed by atoms with Crippen LogP contribution in [0.5, 0.6) is 0 Å². The Morgan fingerprint density at radius 1 is 1.10 bits per heavy atom. The van der Waals surface area contributed by atoms with Crippen LogP contribution in [0, 0.1) is 11.8 Å². The molecule has 116 valence electrons. The molecule has 1 aromatic carbocycles. The lowest BCUT2D eigenvalue weighted by molar-refractivity contribution is 0.259. The smallest absolute Gasteiger partial charge is 0.0233 e. The molecule has 21 heavy (non-hydrogen) atoms. The molecule has 1 aromatic rings. The first kappa shape index (κ1) is 15.1. The van der Waals surface area contributed by atoms with Gasteiger partial charge in [0, 0.05) is 25.7 Å². The second-order valence-electron chi connectivity index (χ2n) is 8.16. The molecule has 2 heteroatoms. The van der Waals surface area contributed by atoms with Crippen molar-refractivity contribution in [2.75, 3.05) is 13.1 Å². The van der Waals surface area contributed by atoms with Gasteiger partial charge in [0.2, 0.25) is 0 Å². The maximum Gasteiger partial charge on any atom is 0.0233 e. The minimum atomic E-state index is 0.244. The number of benzene rings is 1. The Labute approximate surface area is 129 Å². The highest BCUT2D eigenvalue weighted by atomic mass is 15.2. The van der Waals surface area contributed by atoms with Crippen molar-refractivity contribution in [3.63, 3.8) is 0 Å². The van der Waals surface area contributed by atoms with Crippen LogP contribution in [0.4, 0.5) is 0 Å². The van der Waals surface area contributed by atoms with E-state index in [2.05, 4.69) is 49.9 Å². The van der Waals surface area contributed by atoms with E-state index in [1.54, 1.807) is 0 Å². The van der Waals surface area contributed by atoms with Crippen LogP contribution in [0.2, 0.25) is 0 Å². The Morgan fingerprint density at radius 3 is 2.43 bits per heavy atom. The Kier molecular flexibility index (Phi) is 4.11. The molecule has 0 spiro atoms. The van der Waals surface area contributed by atoms with Gasteiger partial charge < -0.3 is 5.73 Å². The molecule has 2 N–H and O–H groups in total. The standard InChI is InChI=1S/C19H30N2/c1-19(2,3)16-9-7-14(8-10-16)11-21-12-15-5-4-6-18(20)17(15)13-21/h7-10,15,17-18H,4-6,11-13,20H2,1-3H3. The predicted molar refractivity (Wildman–Crippen MR) is 89.2 cm³/mol. The number of fused-ring (bicyclic) bond motifs is 1. The molecule has 3 rings (SSSR count). The van der Waals surface area contributed by atoms with Crippen LogP contribution in [0.3, 0.4) is 0 Å². The highest BCUT2D eigenvalue weighted by Gasteiger charge is 2.38. The van der Waals surface area contributed by atoms with E-state index in [1.807, 2.05) is 0 Å². The molecule has 1 heterocycles. The molecule has 2 fully saturated rings. The zero-order chi connectivity index (χ0) is 15.0. The van der Waals surface area contributed by atoms with E-state index in [0.717, 1.165) is 18.4 Å². The van der Waals surface area contributed by atoms with Gasteiger partial charge in [0.15, 0.2) is 0 Å². The maximum absolute atomic E-state index is 6.32. The normalized spacial score (nSPS) is 30.4. The second-order valence-corrected chi connectivity index (χ2v) is 8.16. The van der Waals surface area contributed by atoms with Crippen LogP contribution >= 0.6 is 0 Å². The van der Waals surface area contributed by atoms with Gasteiger partial charge in [0.05, 0.1) is 0 Å². The van der Waals surface area contributed by atoms with Crippen LogP contribution in [0.1, 0.15) is 51.2 Å². The summed E-state index contributed by atoms with van der Waals surface area (Å²) in [5.41, 5.74) is 9.42. The van der Waals surface area contributed by atoms with Crippen LogP contribution in [-0.4, -0.2) is 24.0 Å². The third kappa shape index (κ3) is 3.32. The quantitative estimate of drug-likeness (QED) is 0.901. The number of likely N-dealkylation sites (tertiary alicyclic amines) is 1. The zero-order valence-electron chi connectivity index (χ0n) is 13.8. The van der Waals surface area contributed by atoms with Gasteiger partial charge in [-0.3, -0.25) is 4.90 Å². The average molecular weight is 286 g/mol. The number of nitrogens with two attached hydrogens (primary N) is 1. The van der Waals surface area contributed by atoms with Gasteiger partial charge in [-0.05, 0) is 41.2 Å². The van der Waals surface area contributed by atoms with Crippen molar-refractivity contribution >= 4 is 0 Å². The van der Waals surface area contributed by atoms with Crippen molar-refractivity contribution in [1.29, 1.82) is 0 Å². The van der Waals surface area contributed by atoms with E-state index >= 15 is 0 Å². The third-order valence-electron chi connectivity index (χ3n) is 5.46. The molecular formula is C19H30N2. The van der Waals surface area contributed by atoms with E-state index < -0.39 is 0 Å². The Hall–Kier alpha value is -0.860. The highest BCUT2D eigenvalue weighted by molar-refractivity contribution is 5.27. The summed E-state index contributed by atoms with van der Waals surface area (Å²) < 4.78 is 0. The molecule has 1 saturated carbocycles. The average Bonchev–Trinajstić information content (AvgIpc) is 2.82. The molecule has 2 aliphatic rings. The summed E-state index contributed by atoms with van der Waals surface area (Å²) in [6, 6.07) is 9.65. The first-order chi connectivity index (χ1) is 9.93. The summed E-state index contributed by atoms with van der Waals surface area (Å²) >= 11 is 0. The van der Waals surface area contributed by atoms with E-state index in [4.69, 9.17) is 5.73 Å². The first-order valence-electron chi connectivity index (χ1n) is 8.51. The Morgan fingerprint density at radius 2 is 1.81 bits per heavy atom. The molecule has 0 radical (unpaired) electrons. The van der Waals surface area contributed by atoms with Crippen LogP contribution in [0.25, 0.3) is 0 Å². The van der Waals surface area contributed by atoms with Gasteiger partial charge >= 0.3 is 0 Å². The minimum Gasteiger partial charge on any atom is -0.327 e. The monoisotopic (exact) mass is 286 g/mol. The van der Waals surface area contributed by atoms with Crippen LogP contribution < -0.4 is 5.73 Å². The largest absolute Gasteiger partial charge is 0.327 e. The summed E-state index contributed by atoms with van der Waals surface area (Å²) in [5.74, 6) is 1.59. The van der Waals surface area contributed by atoms with Gasteiger partial charge in [0.25, 0.3) is 0 Å². The predicted octanol–water partition coefficient (Wildman–Crippen LogP) is 3.54. The van der Waals surface area contributed by atoms with Crippen LogP contribution in [0.15, 0.2) is 24.3 Å². The molecule has 1 aliphatic carbocycles. The third-order valence-corrected chi connectivity index (χ3v) is 5.46. The van der Waals surface area contributed by atoms with Crippen molar-refractivity contribution in [2.24, 2.45) is 17.6 Å². The van der Waals surface area contributed by atoms with E-state index in [-0.39, 0.29) is 5.41 Å². The summed E-state index contributed by atoms with van der Waals surface area (Å²) in [6.45, 7) is 10.4. The second kappa shape index (κ2) is 5.73. The lowest BCUT2D eigenvalue weighted by Crippen LogP contribution is -2.38. The Bertz CT molecular complexity index is 471. The first-order valence-corrected chi connectivity index (χ1v) is 8.51. The van der Waals surface area contributed by atoms with Gasteiger partial charge in [-0.2, -0.15) is 0 Å². The topological polar surface area (TPSA) is 29.3 Å². The van der Waals surface area contributed by atoms with Crippen molar-refractivity contribution < 1.29 is 0 Å². The zero-order valence-corrected chi connectivity index (χ0v) is 13.8. The van der Waals surface area contributed by atoms with E-state index in [1.165, 1.54) is 43.5 Å². The molecule has 1 aliphatic heterocycles. The van der Waals surface area contributed by atoms with Crippen LogP contribution in [-0.2, 0) is 12.0 Å². The van der Waals surface area contributed by atoms with Gasteiger partial charge in [-0.15, -0.1) is 0 Å². The van der Waals surface area contributed by atoms with Gasteiger partial charge in [0.1, 0.15) is 0 Å². The fourth-order valence-electron chi connectivity index (χ4n) is 4.11. The van der Waals surface area contributed by atoms with Gasteiger partial charge in [-0.25, -0.2) is 0 Å². The molecule has 2 nitrogen and oxygen atoms in total. The van der Waals surface area contributed by atoms with Crippen molar-refractivity contribution in [2.45, 2.75) is 58.0 Å². The molecular weight excluding hydrogens is 256 g/mol. The fraction of sp³-hybridized carbons (Fsp3) is 0.684. The van der Waals surface area contributed by atoms with Crippen molar-refractivity contribution in [1.82, 2.24) is 4.90 Å². The number of rotatable bonds is 2. The molecule has 0 bridgehead atoms. The molecule has 0 amide bonds. The summed E-state index contributed by atoms with van der Waals surface area (Å²) in [5, 5.41) is 0. The summed E-state index contributed by atoms with van der Waals surface area (Å²) in [6.07, 6.45) is 3.95. The highest BCUT2D eigenvalue weighted by Crippen LogP contribution is 2.36. The number of nitrogens with zero attached hydrogens (tertiary/aromatic N) is 1. The molecule has 3 atom stereocenters.